The number of anilines is 1. The molecule has 1 atom stereocenters. The van der Waals surface area contributed by atoms with Gasteiger partial charge in [0.25, 0.3) is 0 Å². The summed E-state index contributed by atoms with van der Waals surface area (Å²) in [5, 5.41) is 16.7. The van der Waals surface area contributed by atoms with Crippen molar-refractivity contribution < 1.29 is 5.11 Å². The Bertz CT molecular complexity index is 1000. The van der Waals surface area contributed by atoms with Crippen molar-refractivity contribution in [1.82, 2.24) is 4.98 Å². The smallest absolute Gasteiger partial charge is 0.131 e. The number of allylic oxidation sites excluding steroid dienone is 1. The van der Waals surface area contributed by atoms with E-state index in [4.69, 9.17) is 22.4 Å². The van der Waals surface area contributed by atoms with Crippen LogP contribution in [0.2, 0.25) is 5.15 Å². The number of aliphatic hydroxyl groups excluding tert-OH is 1. The van der Waals surface area contributed by atoms with Crippen LogP contribution in [0.5, 0.6) is 0 Å². The highest BCUT2D eigenvalue weighted by Gasteiger charge is 2.10. The molecule has 3 heterocycles. The lowest BCUT2D eigenvalue weighted by Crippen LogP contribution is -2.19. The van der Waals surface area contributed by atoms with Crippen LogP contribution in [0.3, 0.4) is 0 Å². The van der Waals surface area contributed by atoms with Gasteiger partial charge in [-0.3, -0.25) is 0 Å². The van der Waals surface area contributed by atoms with Crippen LogP contribution >= 0.6 is 34.3 Å². The number of aliphatic hydroxyl groups is 1. The van der Waals surface area contributed by atoms with Crippen LogP contribution < -0.4 is 11.1 Å². The maximum Gasteiger partial charge on any atom is 0.131 e. The Morgan fingerprint density at radius 2 is 2.24 bits per heavy atom. The lowest BCUT2D eigenvalue weighted by molar-refractivity contribution is 0.305. The number of hydrogen-bond acceptors (Lipinski definition) is 6. The van der Waals surface area contributed by atoms with Crippen molar-refractivity contribution in [1.29, 1.82) is 0 Å². The Morgan fingerprint density at radius 1 is 1.34 bits per heavy atom. The molecule has 4 rings (SSSR count). The van der Waals surface area contributed by atoms with Crippen LogP contribution in [0.15, 0.2) is 41.1 Å². The number of fused-ring (bicyclic) bond motifs is 1. The number of thiophene rings is 2. The zero-order chi connectivity index (χ0) is 20.5. The highest BCUT2D eigenvalue weighted by molar-refractivity contribution is 7.18. The lowest BCUT2D eigenvalue weighted by Gasteiger charge is -2.09. The fourth-order valence-corrected chi connectivity index (χ4v) is 4.59. The summed E-state index contributed by atoms with van der Waals surface area (Å²) in [6.07, 6.45) is 8.26. The summed E-state index contributed by atoms with van der Waals surface area (Å²) in [6.45, 7) is 0.827. The average molecular weight is 446 g/mol. The van der Waals surface area contributed by atoms with E-state index in [2.05, 4.69) is 45.7 Å². The molecule has 1 aliphatic carbocycles. The predicted molar refractivity (Wildman–Crippen MR) is 126 cm³/mol. The molecule has 152 valence electrons. The topological polar surface area (TPSA) is 71.2 Å². The summed E-state index contributed by atoms with van der Waals surface area (Å²) in [6, 6.07) is 6.43. The number of hydrogen-bond donors (Lipinski definition) is 3. The van der Waals surface area contributed by atoms with E-state index in [1.165, 1.54) is 17.7 Å². The van der Waals surface area contributed by atoms with Crippen LogP contribution in [0.4, 0.5) is 5.69 Å². The first-order valence-corrected chi connectivity index (χ1v) is 11.7. The normalized spacial score (nSPS) is 15.3. The van der Waals surface area contributed by atoms with Gasteiger partial charge in [-0.15, -0.1) is 22.7 Å². The molecule has 0 aliphatic heterocycles. The van der Waals surface area contributed by atoms with Crippen molar-refractivity contribution in [2.24, 2.45) is 5.73 Å². The highest BCUT2D eigenvalue weighted by atomic mass is 35.5. The minimum atomic E-state index is 0.0663. The molecule has 1 unspecified atom stereocenters. The molecule has 0 spiro atoms. The third kappa shape index (κ3) is 6.56. The van der Waals surface area contributed by atoms with E-state index in [1.54, 1.807) is 22.7 Å². The van der Waals surface area contributed by atoms with Gasteiger partial charge in [-0.05, 0) is 30.7 Å². The fraction of sp³-hybridized carbons (Fsp3) is 0.318. The third-order valence-electron chi connectivity index (χ3n) is 4.29. The second kappa shape index (κ2) is 11.3. The first kappa shape index (κ1) is 21.8. The van der Waals surface area contributed by atoms with Gasteiger partial charge in [-0.25, -0.2) is 4.98 Å². The highest BCUT2D eigenvalue weighted by Crippen LogP contribution is 2.33. The molecule has 3 aromatic heterocycles. The number of nitrogens with two attached hydrogens (primary N) is 1. The second-order valence-corrected chi connectivity index (χ2v) is 8.87. The summed E-state index contributed by atoms with van der Waals surface area (Å²) in [4.78, 5) is 5.66. The van der Waals surface area contributed by atoms with Crippen LogP contribution in [-0.4, -0.2) is 22.7 Å². The van der Waals surface area contributed by atoms with Crippen molar-refractivity contribution in [3.05, 3.63) is 56.7 Å². The summed E-state index contributed by atoms with van der Waals surface area (Å²) >= 11 is 9.46. The van der Waals surface area contributed by atoms with Crippen LogP contribution in [0.25, 0.3) is 10.2 Å². The molecule has 4 nitrogen and oxygen atoms in total. The number of nitrogens with zero attached hydrogens (tertiary/aromatic N) is 1. The van der Waals surface area contributed by atoms with E-state index in [0.29, 0.717) is 17.6 Å². The Labute approximate surface area is 184 Å². The molecule has 4 N–H and O–H groups in total. The molecule has 7 heteroatoms. The standard InChI is InChI=1S/C16H13ClN2OS2.C6H11N/c17-14-8-13(18-9-12-5-3-7-21-12)16-15(19-14)11(10-22-16)4-1-2-6-20;7-6-4-2-1-3-5-6/h3,5,7-8,10,20H,2,6,9H2,(H,18,19);1-2,6H,3-5,7H2. The van der Waals surface area contributed by atoms with E-state index in [-0.39, 0.29) is 6.61 Å². The molecule has 1 aliphatic rings. The molecule has 3 aromatic rings. The van der Waals surface area contributed by atoms with Gasteiger partial charge in [-0.2, -0.15) is 0 Å². The van der Waals surface area contributed by atoms with E-state index < -0.39 is 0 Å². The van der Waals surface area contributed by atoms with Crippen LogP contribution in [0.1, 0.15) is 36.1 Å². The molecule has 29 heavy (non-hydrogen) atoms. The fourth-order valence-electron chi connectivity index (χ4n) is 2.82. The van der Waals surface area contributed by atoms with Gasteiger partial charge in [0.2, 0.25) is 0 Å². The van der Waals surface area contributed by atoms with E-state index in [9.17, 15) is 0 Å². The first-order chi connectivity index (χ1) is 14.2. The first-order valence-electron chi connectivity index (χ1n) is 9.51. The molecule has 0 fully saturated rings. The van der Waals surface area contributed by atoms with Gasteiger partial charge in [0.15, 0.2) is 0 Å². The van der Waals surface area contributed by atoms with Gasteiger partial charge >= 0.3 is 0 Å². The lowest BCUT2D eigenvalue weighted by atomic mass is 10.0. The van der Waals surface area contributed by atoms with Crippen LogP contribution in [0, 0.1) is 11.8 Å². The Morgan fingerprint density at radius 3 is 2.90 bits per heavy atom. The zero-order valence-corrected chi connectivity index (χ0v) is 18.4. The summed E-state index contributed by atoms with van der Waals surface area (Å²) in [5.74, 6) is 5.97. The molecule has 0 saturated carbocycles. The third-order valence-corrected chi connectivity index (χ3v) is 6.37. The largest absolute Gasteiger partial charge is 0.395 e. The summed E-state index contributed by atoms with van der Waals surface area (Å²) in [5.41, 5.74) is 8.23. The van der Waals surface area contributed by atoms with Crippen molar-refractivity contribution in [3.8, 4) is 11.8 Å². The molecule has 0 amide bonds. The molecule has 0 bridgehead atoms. The molecule has 0 radical (unpaired) electrons. The van der Waals surface area contributed by atoms with E-state index in [1.807, 2.05) is 17.5 Å². The van der Waals surface area contributed by atoms with Crippen molar-refractivity contribution >= 4 is 50.2 Å². The average Bonchev–Trinajstić information content (AvgIpc) is 3.38. The predicted octanol–water partition coefficient (Wildman–Crippen LogP) is 5.41. The molecular weight excluding hydrogens is 422 g/mol. The number of aromatic nitrogens is 1. The number of halogens is 1. The number of rotatable bonds is 4. The SMILES string of the molecule is NC1CC=CCC1.OCCC#Cc1csc2c(NCc3cccs3)cc(Cl)nc12. The van der Waals surface area contributed by atoms with Crippen LogP contribution in [-0.2, 0) is 6.54 Å². The number of pyridine rings is 1. The summed E-state index contributed by atoms with van der Waals surface area (Å²) < 4.78 is 1.05. The van der Waals surface area contributed by atoms with Crippen molar-refractivity contribution in [2.45, 2.75) is 38.3 Å². The number of nitrogens with one attached hydrogen (secondary N) is 1. The molecule has 0 saturated heterocycles. The zero-order valence-electron chi connectivity index (χ0n) is 16.0. The Hall–Kier alpha value is -1.88. The Balaban J connectivity index is 0.000000290. The minimum absolute atomic E-state index is 0.0663. The van der Waals surface area contributed by atoms with E-state index >= 15 is 0 Å². The maximum atomic E-state index is 8.81. The minimum Gasteiger partial charge on any atom is -0.395 e. The molecule has 0 aromatic carbocycles. The van der Waals surface area contributed by atoms with Gasteiger partial charge in [0.05, 0.1) is 22.6 Å². The molecular formula is C22H24ClN3OS2. The maximum absolute atomic E-state index is 8.81. The van der Waals surface area contributed by atoms with Crippen molar-refractivity contribution in [3.63, 3.8) is 0 Å². The van der Waals surface area contributed by atoms with Gasteiger partial charge in [-0.1, -0.05) is 41.7 Å². The Kier molecular flexibility index (Phi) is 8.53. The quantitative estimate of drug-likeness (QED) is 0.285. The van der Waals surface area contributed by atoms with Gasteiger partial charge in [0, 0.05) is 35.3 Å². The monoisotopic (exact) mass is 445 g/mol. The van der Waals surface area contributed by atoms with Gasteiger partial charge in [0.1, 0.15) is 10.7 Å². The van der Waals surface area contributed by atoms with Gasteiger partial charge < -0.3 is 16.2 Å². The second-order valence-electron chi connectivity index (χ2n) is 6.57. The van der Waals surface area contributed by atoms with Crippen molar-refractivity contribution in [2.75, 3.05) is 11.9 Å². The van der Waals surface area contributed by atoms with E-state index in [0.717, 1.165) is 34.4 Å². The summed E-state index contributed by atoms with van der Waals surface area (Å²) in [7, 11) is 0.